The van der Waals surface area contributed by atoms with Gasteiger partial charge in [0.25, 0.3) is 5.91 Å². The lowest BCUT2D eigenvalue weighted by atomic mass is 9.80. The van der Waals surface area contributed by atoms with Crippen LogP contribution in [-0.4, -0.2) is 30.5 Å². The number of carbonyl (C=O) groups excluding carboxylic acids is 1. The van der Waals surface area contributed by atoms with E-state index in [2.05, 4.69) is 0 Å². The monoisotopic (exact) mass is 373 g/mol. The summed E-state index contributed by atoms with van der Waals surface area (Å²) in [6.45, 7) is 2.05. The number of hydrogen-bond donors (Lipinski definition) is 2. The van der Waals surface area contributed by atoms with Crippen LogP contribution in [0.4, 0.5) is 13.2 Å². The van der Waals surface area contributed by atoms with E-state index < -0.39 is 29.9 Å². The molecule has 1 aromatic rings. The van der Waals surface area contributed by atoms with Crippen molar-refractivity contribution in [3.05, 3.63) is 47.2 Å². The third kappa shape index (κ3) is 4.76. The molecular formula is C18H22F3NO4. The number of alkyl halides is 3. The molecule has 0 saturated heterocycles. The Bertz CT molecular complexity index is 643. The average molecular weight is 373 g/mol. The highest BCUT2D eigenvalue weighted by Gasteiger charge is 2.38. The van der Waals surface area contributed by atoms with E-state index in [1.54, 1.807) is 6.92 Å². The van der Waals surface area contributed by atoms with E-state index in [1.807, 2.05) is 0 Å². The van der Waals surface area contributed by atoms with E-state index >= 15 is 0 Å². The van der Waals surface area contributed by atoms with Crippen LogP contribution < -0.4 is 5.73 Å². The molecule has 0 aliphatic carbocycles. The first-order valence-corrected chi connectivity index (χ1v) is 8.35. The van der Waals surface area contributed by atoms with Crippen molar-refractivity contribution in [1.29, 1.82) is 0 Å². The molecule has 1 heterocycles. The van der Waals surface area contributed by atoms with Crippen LogP contribution in [0, 0.1) is 5.92 Å². The molecule has 144 valence electrons. The summed E-state index contributed by atoms with van der Waals surface area (Å²) >= 11 is 0. The Labute approximate surface area is 149 Å². The van der Waals surface area contributed by atoms with Crippen LogP contribution in [0.25, 0.3) is 0 Å². The largest absolute Gasteiger partial charge is 0.459 e. The van der Waals surface area contributed by atoms with Gasteiger partial charge in [0.2, 0.25) is 6.29 Å². The third-order valence-electron chi connectivity index (χ3n) is 4.28. The van der Waals surface area contributed by atoms with E-state index in [0.29, 0.717) is 25.0 Å². The van der Waals surface area contributed by atoms with Crippen LogP contribution in [0.5, 0.6) is 0 Å². The molecule has 0 unspecified atom stereocenters. The normalized spacial score (nSPS) is 23.3. The van der Waals surface area contributed by atoms with E-state index in [9.17, 15) is 18.0 Å². The summed E-state index contributed by atoms with van der Waals surface area (Å²) in [5.74, 6) is -1.54. The highest BCUT2D eigenvalue weighted by atomic mass is 19.4. The van der Waals surface area contributed by atoms with Gasteiger partial charge in [-0.1, -0.05) is 12.1 Å². The SMILES string of the molecule is CCO[C@@H]1OC(C(N)=O)=C[C@H](c2ccc(C(F)(F)F)cc2)[C@@H]1CCCO. The van der Waals surface area contributed by atoms with Gasteiger partial charge in [0.05, 0.1) is 5.56 Å². The summed E-state index contributed by atoms with van der Waals surface area (Å²) in [6, 6.07) is 4.76. The predicted molar refractivity (Wildman–Crippen MR) is 87.8 cm³/mol. The number of benzene rings is 1. The van der Waals surface area contributed by atoms with E-state index in [1.165, 1.54) is 18.2 Å². The van der Waals surface area contributed by atoms with Crippen LogP contribution in [0.3, 0.4) is 0 Å². The van der Waals surface area contributed by atoms with Gasteiger partial charge in [0.15, 0.2) is 5.76 Å². The number of nitrogens with two attached hydrogens (primary N) is 1. The molecule has 0 bridgehead atoms. The smallest absolute Gasteiger partial charge is 0.416 e. The second-order valence-electron chi connectivity index (χ2n) is 6.01. The molecule has 3 N–H and O–H groups in total. The Morgan fingerprint density at radius 1 is 1.31 bits per heavy atom. The zero-order valence-corrected chi connectivity index (χ0v) is 14.3. The summed E-state index contributed by atoms with van der Waals surface area (Å²) in [4.78, 5) is 11.6. The summed E-state index contributed by atoms with van der Waals surface area (Å²) in [7, 11) is 0. The van der Waals surface area contributed by atoms with Crippen molar-refractivity contribution in [3.8, 4) is 0 Å². The number of amides is 1. The van der Waals surface area contributed by atoms with Crippen LogP contribution in [0.2, 0.25) is 0 Å². The molecule has 1 aromatic carbocycles. The molecule has 8 heteroatoms. The molecule has 1 aliphatic heterocycles. The summed E-state index contributed by atoms with van der Waals surface area (Å²) in [5, 5.41) is 9.14. The van der Waals surface area contributed by atoms with Crippen LogP contribution >= 0.6 is 0 Å². The van der Waals surface area contributed by atoms with Crippen molar-refractivity contribution in [2.24, 2.45) is 11.7 Å². The average Bonchev–Trinajstić information content (AvgIpc) is 2.59. The van der Waals surface area contributed by atoms with Crippen LogP contribution in [0.15, 0.2) is 36.1 Å². The third-order valence-corrected chi connectivity index (χ3v) is 4.28. The number of carbonyl (C=O) groups is 1. The summed E-state index contributed by atoms with van der Waals surface area (Å²) < 4.78 is 49.5. The molecule has 0 aromatic heterocycles. The Morgan fingerprint density at radius 2 is 1.96 bits per heavy atom. The molecule has 0 saturated carbocycles. The van der Waals surface area contributed by atoms with Crippen molar-refractivity contribution in [2.45, 2.75) is 38.1 Å². The quantitative estimate of drug-likeness (QED) is 0.770. The van der Waals surface area contributed by atoms with Gasteiger partial charge >= 0.3 is 6.18 Å². The van der Waals surface area contributed by atoms with E-state index in [-0.39, 0.29) is 18.3 Å². The number of aliphatic hydroxyl groups excluding tert-OH is 1. The molecule has 0 radical (unpaired) electrons. The number of allylic oxidation sites excluding steroid dienone is 1. The van der Waals surface area contributed by atoms with Gasteiger partial charge in [-0.3, -0.25) is 4.79 Å². The maximum absolute atomic E-state index is 12.8. The molecule has 1 aliphatic rings. The Hall–Kier alpha value is -2.06. The first kappa shape index (κ1) is 20.3. The Morgan fingerprint density at radius 3 is 2.46 bits per heavy atom. The van der Waals surface area contributed by atoms with Crippen molar-refractivity contribution in [2.75, 3.05) is 13.2 Å². The summed E-state index contributed by atoms with van der Waals surface area (Å²) in [5.41, 5.74) is 5.16. The topological polar surface area (TPSA) is 81.8 Å². The fourth-order valence-corrected chi connectivity index (χ4v) is 3.05. The minimum atomic E-state index is -4.42. The predicted octanol–water partition coefficient (Wildman–Crippen LogP) is 2.94. The lowest BCUT2D eigenvalue weighted by Gasteiger charge is -2.36. The molecule has 1 amide bonds. The van der Waals surface area contributed by atoms with Gasteiger partial charge in [-0.2, -0.15) is 13.2 Å². The number of rotatable bonds is 7. The maximum atomic E-state index is 12.8. The molecular weight excluding hydrogens is 351 g/mol. The van der Waals surface area contributed by atoms with Crippen molar-refractivity contribution in [3.63, 3.8) is 0 Å². The van der Waals surface area contributed by atoms with Gasteiger partial charge in [-0.15, -0.1) is 0 Å². The number of primary amides is 1. The molecule has 0 spiro atoms. The fraction of sp³-hybridized carbons (Fsp3) is 0.500. The minimum Gasteiger partial charge on any atom is -0.459 e. The number of aliphatic hydroxyl groups is 1. The van der Waals surface area contributed by atoms with Crippen molar-refractivity contribution < 1.29 is 32.5 Å². The zero-order chi connectivity index (χ0) is 19.3. The first-order valence-electron chi connectivity index (χ1n) is 8.35. The molecule has 3 atom stereocenters. The number of halogens is 3. The van der Waals surface area contributed by atoms with E-state index in [4.69, 9.17) is 20.3 Å². The van der Waals surface area contributed by atoms with Crippen molar-refractivity contribution >= 4 is 5.91 Å². The lowest BCUT2D eigenvalue weighted by Crippen LogP contribution is -2.37. The van der Waals surface area contributed by atoms with Crippen LogP contribution in [-0.2, 0) is 20.4 Å². The maximum Gasteiger partial charge on any atom is 0.416 e. The molecule has 26 heavy (non-hydrogen) atoms. The highest BCUT2D eigenvalue weighted by Crippen LogP contribution is 2.40. The van der Waals surface area contributed by atoms with Gasteiger partial charge < -0.3 is 20.3 Å². The van der Waals surface area contributed by atoms with Crippen LogP contribution in [0.1, 0.15) is 36.8 Å². The van der Waals surface area contributed by atoms with Gasteiger partial charge in [-0.05, 0) is 43.5 Å². The standard InChI is InChI=1S/C18H22F3NO4/c1-2-25-17-13(4-3-9-23)14(10-15(26-17)16(22)24)11-5-7-12(8-6-11)18(19,20)21/h5-8,10,13-14,17,23H,2-4,9H2,1H3,(H2,22,24)/t13-,14+,17+/m0/s1. The Kier molecular flexibility index (Phi) is 6.66. The van der Waals surface area contributed by atoms with E-state index in [0.717, 1.165) is 12.1 Å². The van der Waals surface area contributed by atoms with Gasteiger partial charge in [0.1, 0.15) is 0 Å². The second kappa shape index (κ2) is 8.55. The lowest BCUT2D eigenvalue weighted by molar-refractivity contribution is -0.165. The highest BCUT2D eigenvalue weighted by molar-refractivity contribution is 5.90. The zero-order valence-electron chi connectivity index (χ0n) is 14.3. The van der Waals surface area contributed by atoms with Crippen molar-refractivity contribution in [1.82, 2.24) is 0 Å². The number of ether oxygens (including phenoxy) is 2. The number of hydrogen-bond acceptors (Lipinski definition) is 4. The Balaban J connectivity index is 2.40. The molecule has 0 fully saturated rings. The summed E-state index contributed by atoms with van der Waals surface area (Å²) in [6.07, 6.45) is -2.70. The fourth-order valence-electron chi connectivity index (χ4n) is 3.05. The second-order valence-corrected chi connectivity index (χ2v) is 6.01. The minimum absolute atomic E-state index is 0.0402. The van der Waals surface area contributed by atoms with Gasteiger partial charge in [0, 0.05) is 25.0 Å². The molecule has 5 nitrogen and oxygen atoms in total. The first-order chi connectivity index (χ1) is 12.3. The van der Waals surface area contributed by atoms with Gasteiger partial charge in [-0.25, -0.2) is 0 Å². The molecule has 2 rings (SSSR count).